The van der Waals surface area contributed by atoms with Crippen LogP contribution in [0.1, 0.15) is 19.4 Å². The third kappa shape index (κ3) is 5.81. The maximum atomic E-state index is 13.3. The van der Waals surface area contributed by atoms with Gasteiger partial charge in [-0.2, -0.15) is 13.2 Å². The third-order valence-corrected chi connectivity index (χ3v) is 4.89. The number of alkyl halides is 3. The average Bonchev–Trinajstić information content (AvgIpc) is 2.75. The van der Waals surface area contributed by atoms with Crippen LogP contribution in [0, 0.1) is 0 Å². The Morgan fingerprint density at radius 1 is 1.16 bits per heavy atom. The lowest BCUT2D eigenvalue weighted by Gasteiger charge is -2.31. The van der Waals surface area contributed by atoms with Gasteiger partial charge in [-0.05, 0) is 44.2 Å². The summed E-state index contributed by atoms with van der Waals surface area (Å²) in [6.45, 7) is 5.97. The maximum Gasteiger partial charge on any atom is 0.416 e. The number of para-hydroxylation sites is 2. The molecule has 1 heterocycles. The van der Waals surface area contributed by atoms with E-state index in [9.17, 15) is 18.0 Å². The standard InChI is InChI=1S/C22H26F3N3O3/c1-3-31-20-7-5-4-6-17(20)26-15(2)21(29)27-18-14-16(22(23,24)25)8-9-19(18)28-10-12-30-13-11-28/h4-9,14-15,26H,3,10-13H2,1-2H3,(H,27,29)/t15-/m1/s1. The molecule has 0 unspecified atom stereocenters. The van der Waals surface area contributed by atoms with Crippen LogP contribution >= 0.6 is 0 Å². The van der Waals surface area contributed by atoms with Gasteiger partial charge in [-0.1, -0.05) is 12.1 Å². The fraction of sp³-hybridized carbons (Fsp3) is 0.409. The molecular weight excluding hydrogens is 411 g/mol. The molecule has 0 saturated carbocycles. The Hall–Kier alpha value is -2.94. The van der Waals surface area contributed by atoms with Gasteiger partial charge in [-0.3, -0.25) is 4.79 Å². The van der Waals surface area contributed by atoms with Gasteiger partial charge in [0.1, 0.15) is 11.8 Å². The number of rotatable bonds is 7. The van der Waals surface area contributed by atoms with E-state index >= 15 is 0 Å². The molecule has 3 rings (SSSR count). The lowest BCUT2D eigenvalue weighted by atomic mass is 10.1. The van der Waals surface area contributed by atoms with Gasteiger partial charge in [0, 0.05) is 13.1 Å². The number of morpholine rings is 1. The number of nitrogens with zero attached hydrogens (tertiary/aromatic N) is 1. The topological polar surface area (TPSA) is 62.8 Å². The van der Waals surface area contributed by atoms with Gasteiger partial charge in [0.25, 0.3) is 0 Å². The molecule has 9 heteroatoms. The van der Waals surface area contributed by atoms with Gasteiger partial charge >= 0.3 is 6.18 Å². The molecular formula is C22H26F3N3O3. The molecule has 0 bridgehead atoms. The van der Waals surface area contributed by atoms with E-state index in [1.54, 1.807) is 25.1 Å². The van der Waals surface area contributed by atoms with Crippen molar-refractivity contribution in [2.45, 2.75) is 26.1 Å². The predicted octanol–water partition coefficient (Wildman–Crippen LogP) is 4.38. The van der Waals surface area contributed by atoms with Crippen LogP contribution in [0.15, 0.2) is 42.5 Å². The Bertz CT molecular complexity index is 899. The lowest BCUT2D eigenvalue weighted by molar-refractivity contribution is -0.137. The Kier molecular flexibility index (Phi) is 7.27. The molecule has 31 heavy (non-hydrogen) atoms. The van der Waals surface area contributed by atoms with Crippen molar-refractivity contribution in [2.75, 3.05) is 48.4 Å². The fourth-order valence-electron chi connectivity index (χ4n) is 3.30. The molecule has 2 aromatic rings. The highest BCUT2D eigenvalue weighted by Gasteiger charge is 2.32. The highest BCUT2D eigenvalue weighted by molar-refractivity contribution is 5.99. The van der Waals surface area contributed by atoms with E-state index in [2.05, 4.69) is 10.6 Å². The number of carbonyl (C=O) groups is 1. The zero-order chi connectivity index (χ0) is 22.4. The minimum atomic E-state index is -4.51. The summed E-state index contributed by atoms with van der Waals surface area (Å²) >= 11 is 0. The van der Waals surface area contributed by atoms with Crippen LogP contribution < -0.4 is 20.3 Å². The first-order valence-electron chi connectivity index (χ1n) is 10.1. The molecule has 2 aromatic carbocycles. The molecule has 6 nitrogen and oxygen atoms in total. The van der Waals surface area contributed by atoms with Gasteiger partial charge < -0.3 is 25.0 Å². The average molecular weight is 437 g/mol. The number of hydrogen-bond acceptors (Lipinski definition) is 5. The molecule has 168 valence electrons. The molecule has 0 aliphatic carbocycles. The fourth-order valence-corrected chi connectivity index (χ4v) is 3.30. The number of hydrogen-bond donors (Lipinski definition) is 2. The molecule has 1 aliphatic heterocycles. The smallest absolute Gasteiger partial charge is 0.416 e. The first kappa shape index (κ1) is 22.7. The van der Waals surface area contributed by atoms with E-state index in [-0.39, 0.29) is 5.69 Å². The minimum Gasteiger partial charge on any atom is -0.492 e. The summed E-state index contributed by atoms with van der Waals surface area (Å²) in [6.07, 6.45) is -4.51. The van der Waals surface area contributed by atoms with Crippen molar-refractivity contribution in [1.29, 1.82) is 0 Å². The largest absolute Gasteiger partial charge is 0.492 e. The first-order valence-corrected chi connectivity index (χ1v) is 10.1. The second-order valence-corrected chi connectivity index (χ2v) is 7.11. The van der Waals surface area contributed by atoms with Crippen molar-refractivity contribution in [1.82, 2.24) is 0 Å². The summed E-state index contributed by atoms with van der Waals surface area (Å²) in [5.74, 6) is 0.137. The molecule has 0 aromatic heterocycles. The summed E-state index contributed by atoms with van der Waals surface area (Å²) in [5, 5.41) is 5.73. The van der Waals surface area contributed by atoms with E-state index in [1.807, 2.05) is 17.9 Å². The summed E-state index contributed by atoms with van der Waals surface area (Å²) < 4.78 is 50.7. The summed E-state index contributed by atoms with van der Waals surface area (Å²) in [5.41, 5.74) is 0.464. The van der Waals surface area contributed by atoms with E-state index in [0.717, 1.165) is 12.1 Å². The zero-order valence-electron chi connectivity index (χ0n) is 17.5. The van der Waals surface area contributed by atoms with Crippen molar-refractivity contribution in [3.05, 3.63) is 48.0 Å². The van der Waals surface area contributed by atoms with Gasteiger partial charge in [-0.15, -0.1) is 0 Å². The second-order valence-electron chi connectivity index (χ2n) is 7.11. The van der Waals surface area contributed by atoms with E-state index in [0.29, 0.717) is 50.0 Å². The molecule has 1 fully saturated rings. The summed E-state index contributed by atoms with van der Waals surface area (Å²) in [6, 6.07) is 9.86. The quantitative estimate of drug-likeness (QED) is 0.673. The molecule has 2 N–H and O–H groups in total. The van der Waals surface area contributed by atoms with Crippen LogP contribution in [0.3, 0.4) is 0 Å². The van der Waals surface area contributed by atoms with Crippen molar-refractivity contribution in [3.63, 3.8) is 0 Å². The number of nitrogens with one attached hydrogen (secondary N) is 2. The first-order chi connectivity index (χ1) is 14.8. The minimum absolute atomic E-state index is 0.119. The molecule has 0 spiro atoms. The van der Waals surface area contributed by atoms with Crippen LogP contribution in [0.2, 0.25) is 0 Å². The summed E-state index contributed by atoms with van der Waals surface area (Å²) in [7, 11) is 0. The van der Waals surface area contributed by atoms with E-state index in [4.69, 9.17) is 9.47 Å². The number of amides is 1. The van der Waals surface area contributed by atoms with Crippen molar-refractivity contribution < 1.29 is 27.4 Å². The SMILES string of the molecule is CCOc1ccccc1N[C@H](C)C(=O)Nc1cc(C(F)(F)F)ccc1N1CCOCC1. The van der Waals surface area contributed by atoms with Gasteiger partial charge in [-0.25, -0.2) is 0 Å². The van der Waals surface area contributed by atoms with Crippen LogP contribution in [-0.2, 0) is 15.7 Å². The number of benzene rings is 2. The van der Waals surface area contributed by atoms with Crippen molar-refractivity contribution >= 4 is 23.0 Å². The summed E-state index contributed by atoms with van der Waals surface area (Å²) in [4.78, 5) is 14.7. The Morgan fingerprint density at radius 3 is 2.55 bits per heavy atom. The Balaban J connectivity index is 1.81. The van der Waals surface area contributed by atoms with Crippen molar-refractivity contribution in [3.8, 4) is 5.75 Å². The van der Waals surface area contributed by atoms with E-state index in [1.165, 1.54) is 6.07 Å². The van der Waals surface area contributed by atoms with Gasteiger partial charge in [0.05, 0.1) is 42.4 Å². The number of anilines is 3. The Morgan fingerprint density at radius 2 is 1.87 bits per heavy atom. The third-order valence-electron chi connectivity index (χ3n) is 4.89. The normalized spacial score (nSPS) is 15.3. The predicted molar refractivity (Wildman–Crippen MR) is 114 cm³/mol. The van der Waals surface area contributed by atoms with Crippen LogP contribution in [0.5, 0.6) is 5.75 Å². The van der Waals surface area contributed by atoms with E-state index < -0.39 is 23.7 Å². The zero-order valence-corrected chi connectivity index (χ0v) is 17.5. The second kappa shape index (κ2) is 9.91. The number of carbonyl (C=O) groups excluding carboxylic acids is 1. The van der Waals surface area contributed by atoms with Crippen LogP contribution in [0.4, 0.5) is 30.2 Å². The van der Waals surface area contributed by atoms with Gasteiger partial charge in [0.2, 0.25) is 5.91 Å². The van der Waals surface area contributed by atoms with Gasteiger partial charge in [0.15, 0.2) is 0 Å². The van der Waals surface area contributed by atoms with Crippen LogP contribution in [0.25, 0.3) is 0 Å². The van der Waals surface area contributed by atoms with Crippen LogP contribution in [-0.4, -0.2) is 44.9 Å². The molecule has 0 radical (unpaired) electrons. The molecule has 1 aliphatic rings. The molecule has 1 atom stereocenters. The monoisotopic (exact) mass is 437 g/mol. The highest BCUT2D eigenvalue weighted by Crippen LogP contribution is 2.36. The molecule has 1 saturated heterocycles. The Labute approximate surface area is 179 Å². The number of halogens is 3. The van der Waals surface area contributed by atoms with Crippen molar-refractivity contribution in [2.24, 2.45) is 0 Å². The molecule has 1 amide bonds. The maximum absolute atomic E-state index is 13.3. The number of ether oxygens (including phenoxy) is 2. The lowest BCUT2D eigenvalue weighted by Crippen LogP contribution is -2.37. The highest BCUT2D eigenvalue weighted by atomic mass is 19.4.